The van der Waals surface area contributed by atoms with Crippen molar-refractivity contribution in [2.75, 3.05) is 13.2 Å². The Balaban J connectivity index is 2.95. The average Bonchev–Trinajstić information content (AvgIpc) is 2.36. The minimum absolute atomic E-state index is 0.0826. The fourth-order valence-electron chi connectivity index (χ4n) is 2.19. The van der Waals surface area contributed by atoms with Crippen molar-refractivity contribution in [3.63, 3.8) is 0 Å². The van der Waals surface area contributed by atoms with Crippen LogP contribution in [0.15, 0.2) is 18.2 Å². The molecule has 1 unspecified atom stereocenters. The SMILES string of the molecule is CCN(Cc1cc(C(F)(F)F)ccc1C)C(C)CCO. The van der Waals surface area contributed by atoms with Crippen molar-refractivity contribution >= 4 is 0 Å². The molecule has 0 saturated carbocycles. The van der Waals surface area contributed by atoms with E-state index in [4.69, 9.17) is 5.11 Å². The van der Waals surface area contributed by atoms with Crippen LogP contribution in [-0.2, 0) is 12.7 Å². The summed E-state index contributed by atoms with van der Waals surface area (Å²) in [5.74, 6) is 0. The molecule has 2 nitrogen and oxygen atoms in total. The van der Waals surface area contributed by atoms with Crippen LogP contribution in [-0.4, -0.2) is 29.2 Å². The third-order valence-corrected chi connectivity index (χ3v) is 3.63. The van der Waals surface area contributed by atoms with Gasteiger partial charge in [-0.15, -0.1) is 0 Å². The maximum Gasteiger partial charge on any atom is 0.416 e. The van der Waals surface area contributed by atoms with E-state index in [9.17, 15) is 13.2 Å². The molecule has 0 amide bonds. The maximum atomic E-state index is 12.8. The molecule has 20 heavy (non-hydrogen) atoms. The number of benzene rings is 1. The Bertz CT molecular complexity index is 432. The smallest absolute Gasteiger partial charge is 0.396 e. The van der Waals surface area contributed by atoms with Crippen molar-refractivity contribution in [1.82, 2.24) is 4.90 Å². The van der Waals surface area contributed by atoms with Crippen LogP contribution in [0.5, 0.6) is 0 Å². The highest BCUT2D eigenvalue weighted by Gasteiger charge is 2.30. The Morgan fingerprint density at radius 1 is 1.30 bits per heavy atom. The molecule has 5 heteroatoms. The van der Waals surface area contributed by atoms with Crippen LogP contribution in [0.2, 0.25) is 0 Å². The lowest BCUT2D eigenvalue weighted by atomic mass is 10.0. The second-order valence-corrected chi connectivity index (χ2v) is 5.06. The van der Waals surface area contributed by atoms with Crippen molar-refractivity contribution in [2.45, 2.75) is 46.0 Å². The molecule has 0 aliphatic heterocycles. The second-order valence-electron chi connectivity index (χ2n) is 5.06. The van der Waals surface area contributed by atoms with Gasteiger partial charge in [0, 0.05) is 19.2 Å². The van der Waals surface area contributed by atoms with Crippen molar-refractivity contribution in [2.24, 2.45) is 0 Å². The molecule has 1 aromatic rings. The predicted molar refractivity (Wildman–Crippen MR) is 73.4 cm³/mol. The number of hydrogen-bond donors (Lipinski definition) is 1. The summed E-state index contributed by atoms with van der Waals surface area (Å²) in [7, 11) is 0. The van der Waals surface area contributed by atoms with Gasteiger partial charge in [0.25, 0.3) is 0 Å². The van der Waals surface area contributed by atoms with E-state index < -0.39 is 11.7 Å². The van der Waals surface area contributed by atoms with Gasteiger partial charge in [-0.3, -0.25) is 4.90 Å². The van der Waals surface area contributed by atoms with Crippen molar-refractivity contribution in [3.05, 3.63) is 34.9 Å². The van der Waals surface area contributed by atoms with Crippen molar-refractivity contribution in [1.29, 1.82) is 0 Å². The van der Waals surface area contributed by atoms with Gasteiger partial charge in [-0.1, -0.05) is 13.0 Å². The standard InChI is InChI=1S/C15H22F3NO/c1-4-19(12(3)7-8-20)10-13-9-14(15(16,17)18)6-5-11(13)2/h5-6,9,12,20H,4,7-8,10H2,1-3H3. The van der Waals surface area contributed by atoms with E-state index >= 15 is 0 Å². The molecule has 0 spiro atoms. The van der Waals surface area contributed by atoms with Crippen LogP contribution < -0.4 is 0 Å². The zero-order valence-corrected chi connectivity index (χ0v) is 12.2. The second kappa shape index (κ2) is 7.09. The zero-order chi connectivity index (χ0) is 15.3. The monoisotopic (exact) mass is 289 g/mol. The van der Waals surface area contributed by atoms with Gasteiger partial charge in [-0.25, -0.2) is 0 Å². The van der Waals surface area contributed by atoms with Crippen LogP contribution >= 0.6 is 0 Å². The molecule has 114 valence electrons. The first-order valence-corrected chi connectivity index (χ1v) is 6.81. The first kappa shape index (κ1) is 17.0. The molecule has 0 aliphatic rings. The Morgan fingerprint density at radius 3 is 2.45 bits per heavy atom. The summed E-state index contributed by atoms with van der Waals surface area (Å²) >= 11 is 0. The molecule has 1 aromatic carbocycles. The van der Waals surface area contributed by atoms with Crippen LogP contribution in [0.3, 0.4) is 0 Å². The van der Waals surface area contributed by atoms with Gasteiger partial charge < -0.3 is 5.11 Å². The summed E-state index contributed by atoms with van der Waals surface area (Å²) in [5.41, 5.74) is 0.933. The number of aliphatic hydroxyl groups excluding tert-OH is 1. The Hall–Kier alpha value is -1.07. The van der Waals surface area contributed by atoms with Crippen LogP contribution in [0.1, 0.15) is 37.0 Å². The summed E-state index contributed by atoms with van der Waals surface area (Å²) in [6.07, 6.45) is -3.69. The van der Waals surface area contributed by atoms with Crippen LogP contribution in [0, 0.1) is 6.92 Å². The average molecular weight is 289 g/mol. The summed E-state index contributed by atoms with van der Waals surface area (Å²) in [5, 5.41) is 8.98. The molecule has 0 bridgehead atoms. The molecule has 0 saturated heterocycles. The van der Waals surface area contributed by atoms with Gasteiger partial charge in [-0.05, 0) is 50.1 Å². The Labute approximate surface area is 118 Å². The highest BCUT2D eigenvalue weighted by Crippen LogP contribution is 2.31. The van der Waals surface area contributed by atoms with E-state index in [1.165, 1.54) is 12.1 Å². The van der Waals surface area contributed by atoms with Crippen molar-refractivity contribution in [3.8, 4) is 0 Å². The summed E-state index contributed by atoms with van der Waals surface area (Å²) < 4.78 is 38.3. The topological polar surface area (TPSA) is 23.5 Å². The number of rotatable bonds is 6. The highest BCUT2D eigenvalue weighted by molar-refractivity contribution is 5.32. The number of nitrogens with zero attached hydrogens (tertiary/aromatic N) is 1. The van der Waals surface area contributed by atoms with Gasteiger partial charge in [0.1, 0.15) is 0 Å². The Morgan fingerprint density at radius 2 is 1.95 bits per heavy atom. The molecule has 1 rings (SSSR count). The molecule has 1 atom stereocenters. The minimum atomic E-state index is -4.31. The quantitative estimate of drug-likeness (QED) is 0.865. The van der Waals surface area contributed by atoms with Gasteiger partial charge in [0.2, 0.25) is 0 Å². The number of hydrogen-bond acceptors (Lipinski definition) is 2. The van der Waals surface area contributed by atoms with E-state index in [1.54, 1.807) is 0 Å². The molecular formula is C15H22F3NO. The lowest BCUT2D eigenvalue weighted by Crippen LogP contribution is -2.33. The number of alkyl halides is 3. The van der Waals surface area contributed by atoms with Crippen LogP contribution in [0.25, 0.3) is 0 Å². The normalized spacial score (nSPS) is 13.8. The van der Waals surface area contributed by atoms with Crippen molar-refractivity contribution < 1.29 is 18.3 Å². The van der Waals surface area contributed by atoms with E-state index in [1.807, 2.05) is 20.8 Å². The number of aliphatic hydroxyl groups is 1. The van der Waals surface area contributed by atoms with Gasteiger partial charge in [-0.2, -0.15) is 13.2 Å². The van der Waals surface area contributed by atoms with Crippen LogP contribution in [0.4, 0.5) is 13.2 Å². The lowest BCUT2D eigenvalue weighted by molar-refractivity contribution is -0.137. The first-order valence-electron chi connectivity index (χ1n) is 6.81. The highest BCUT2D eigenvalue weighted by atomic mass is 19.4. The summed E-state index contributed by atoms with van der Waals surface area (Å²) in [6.45, 7) is 7.04. The molecule has 1 N–H and O–H groups in total. The minimum Gasteiger partial charge on any atom is -0.396 e. The predicted octanol–water partition coefficient (Wildman–Crippen LogP) is 3.61. The first-order chi connectivity index (χ1) is 9.29. The largest absolute Gasteiger partial charge is 0.416 e. The number of aryl methyl sites for hydroxylation is 1. The van der Waals surface area contributed by atoms with Gasteiger partial charge in [0.15, 0.2) is 0 Å². The molecule has 0 heterocycles. The van der Waals surface area contributed by atoms with E-state index in [0.717, 1.165) is 18.2 Å². The number of halogens is 3. The third kappa shape index (κ3) is 4.49. The molecule has 0 fully saturated rings. The lowest BCUT2D eigenvalue weighted by Gasteiger charge is -2.28. The van der Waals surface area contributed by atoms with Gasteiger partial charge >= 0.3 is 6.18 Å². The third-order valence-electron chi connectivity index (χ3n) is 3.63. The molecule has 0 aliphatic carbocycles. The molecule has 0 aromatic heterocycles. The molecular weight excluding hydrogens is 267 g/mol. The fourth-order valence-corrected chi connectivity index (χ4v) is 2.19. The zero-order valence-electron chi connectivity index (χ0n) is 12.2. The van der Waals surface area contributed by atoms with E-state index in [0.29, 0.717) is 18.5 Å². The fraction of sp³-hybridized carbons (Fsp3) is 0.600. The van der Waals surface area contributed by atoms with E-state index in [-0.39, 0.29) is 12.6 Å². The summed E-state index contributed by atoms with van der Waals surface area (Å²) in [4.78, 5) is 2.07. The maximum absolute atomic E-state index is 12.8. The Kier molecular flexibility index (Phi) is 6.02. The van der Waals surface area contributed by atoms with Gasteiger partial charge in [0.05, 0.1) is 5.56 Å². The van der Waals surface area contributed by atoms with E-state index in [2.05, 4.69) is 4.90 Å². The summed E-state index contributed by atoms with van der Waals surface area (Å²) in [6, 6.07) is 4.00. The molecule has 0 radical (unpaired) electrons.